The number of amides is 1. The van der Waals surface area contributed by atoms with Crippen molar-refractivity contribution in [2.75, 3.05) is 6.54 Å². The van der Waals surface area contributed by atoms with Gasteiger partial charge in [0.1, 0.15) is 0 Å². The normalized spacial score (nSPS) is 14.3. The molecule has 0 aromatic heterocycles. The largest absolute Gasteiger partial charge is 0.272 e. The molecule has 148 valence electrons. The van der Waals surface area contributed by atoms with Crippen LogP contribution >= 0.6 is 0 Å². The van der Waals surface area contributed by atoms with Gasteiger partial charge in [0.2, 0.25) is 10.0 Å². The summed E-state index contributed by atoms with van der Waals surface area (Å²) in [6, 6.07) is 15.9. The maximum atomic E-state index is 13.2. The Kier molecular flexibility index (Phi) is 6.59. The van der Waals surface area contributed by atoms with Gasteiger partial charge in [-0.05, 0) is 50.3 Å². The van der Waals surface area contributed by atoms with Crippen LogP contribution in [-0.2, 0) is 21.4 Å². The monoisotopic (exact) mass is 399 g/mol. The van der Waals surface area contributed by atoms with E-state index in [4.69, 9.17) is 0 Å². The number of rotatable bonds is 7. The average Bonchev–Trinajstić information content (AvgIpc) is 3.21. The van der Waals surface area contributed by atoms with E-state index in [1.807, 2.05) is 37.3 Å². The fourth-order valence-electron chi connectivity index (χ4n) is 3.10. The van der Waals surface area contributed by atoms with Gasteiger partial charge in [-0.1, -0.05) is 48.0 Å². The molecule has 2 aromatic rings. The number of nitrogens with one attached hydrogen (secondary N) is 1. The van der Waals surface area contributed by atoms with E-state index >= 15 is 0 Å². The van der Waals surface area contributed by atoms with Crippen molar-refractivity contribution in [1.29, 1.82) is 0 Å². The number of aryl methyl sites for hydroxylation is 1. The first-order valence-electron chi connectivity index (χ1n) is 9.40. The van der Waals surface area contributed by atoms with Crippen molar-refractivity contribution in [3.63, 3.8) is 0 Å². The highest BCUT2D eigenvalue weighted by Crippen LogP contribution is 2.19. The van der Waals surface area contributed by atoms with E-state index in [1.165, 1.54) is 4.31 Å². The van der Waals surface area contributed by atoms with Gasteiger partial charge in [0.15, 0.2) is 0 Å². The number of carbonyl (C=O) groups excluding carboxylic acids is 1. The van der Waals surface area contributed by atoms with Crippen molar-refractivity contribution in [2.24, 2.45) is 5.10 Å². The van der Waals surface area contributed by atoms with Gasteiger partial charge in [-0.3, -0.25) is 4.79 Å². The maximum absolute atomic E-state index is 13.2. The molecule has 1 aliphatic carbocycles. The van der Waals surface area contributed by atoms with Gasteiger partial charge >= 0.3 is 0 Å². The molecule has 1 amide bonds. The van der Waals surface area contributed by atoms with Crippen molar-refractivity contribution >= 4 is 21.6 Å². The summed E-state index contributed by atoms with van der Waals surface area (Å²) in [6.45, 7) is 1.72. The van der Waals surface area contributed by atoms with Gasteiger partial charge in [0.05, 0.1) is 11.4 Å². The molecule has 7 heteroatoms. The van der Waals surface area contributed by atoms with Crippen molar-refractivity contribution in [2.45, 2.75) is 44.0 Å². The third kappa shape index (κ3) is 5.27. The molecule has 0 atom stereocenters. The molecular weight excluding hydrogens is 374 g/mol. The Bertz CT molecular complexity index is 931. The van der Waals surface area contributed by atoms with Crippen molar-refractivity contribution in [3.05, 3.63) is 65.7 Å². The molecule has 1 saturated carbocycles. The Labute approximate surface area is 166 Å². The fraction of sp³-hybridized carbons (Fsp3) is 0.333. The summed E-state index contributed by atoms with van der Waals surface area (Å²) in [5.74, 6) is -0.439. The highest BCUT2D eigenvalue weighted by molar-refractivity contribution is 7.89. The van der Waals surface area contributed by atoms with Crippen molar-refractivity contribution in [3.8, 4) is 0 Å². The Morgan fingerprint density at radius 1 is 1.04 bits per heavy atom. The minimum atomic E-state index is -3.82. The summed E-state index contributed by atoms with van der Waals surface area (Å²) in [5, 5.41) is 4.15. The van der Waals surface area contributed by atoms with Crippen LogP contribution in [0, 0.1) is 6.92 Å². The zero-order valence-electron chi connectivity index (χ0n) is 16.0. The van der Waals surface area contributed by atoms with Crippen LogP contribution in [0.1, 0.15) is 36.8 Å². The number of hydrogen-bond acceptors (Lipinski definition) is 4. The Morgan fingerprint density at radius 3 is 2.32 bits per heavy atom. The van der Waals surface area contributed by atoms with E-state index in [2.05, 4.69) is 10.5 Å². The summed E-state index contributed by atoms with van der Waals surface area (Å²) in [7, 11) is -3.82. The zero-order chi connectivity index (χ0) is 20.0. The zero-order valence-corrected chi connectivity index (χ0v) is 16.8. The molecule has 0 aliphatic heterocycles. The number of hydrogen-bond donors (Lipinski definition) is 1. The van der Waals surface area contributed by atoms with Crippen LogP contribution in [0.2, 0.25) is 0 Å². The molecule has 0 radical (unpaired) electrons. The number of carbonyl (C=O) groups is 1. The summed E-state index contributed by atoms with van der Waals surface area (Å²) >= 11 is 0. The molecule has 0 heterocycles. The molecule has 1 aliphatic rings. The Hall–Kier alpha value is -2.51. The topological polar surface area (TPSA) is 78.8 Å². The van der Waals surface area contributed by atoms with E-state index in [-0.39, 0.29) is 18.0 Å². The number of benzene rings is 2. The minimum Gasteiger partial charge on any atom is -0.272 e. The van der Waals surface area contributed by atoms with Crippen molar-refractivity contribution < 1.29 is 13.2 Å². The molecule has 0 bridgehead atoms. The van der Waals surface area contributed by atoms with Crippen LogP contribution in [0.15, 0.2) is 64.6 Å². The van der Waals surface area contributed by atoms with Gasteiger partial charge in [-0.2, -0.15) is 9.41 Å². The minimum absolute atomic E-state index is 0.112. The van der Waals surface area contributed by atoms with Gasteiger partial charge < -0.3 is 0 Å². The highest BCUT2D eigenvalue weighted by atomic mass is 32.2. The molecule has 6 nitrogen and oxygen atoms in total. The van der Waals surface area contributed by atoms with E-state index < -0.39 is 15.9 Å². The summed E-state index contributed by atoms with van der Waals surface area (Å²) < 4.78 is 27.5. The third-order valence-electron chi connectivity index (χ3n) is 4.70. The van der Waals surface area contributed by atoms with Gasteiger partial charge in [0, 0.05) is 12.3 Å². The number of nitrogens with zero attached hydrogens (tertiary/aromatic N) is 2. The molecule has 0 spiro atoms. The average molecular weight is 400 g/mol. The van der Waals surface area contributed by atoms with E-state index in [1.54, 1.807) is 24.3 Å². The van der Waals surface area contributed by atoms with Crippen LogP contribution in [0.4, 0.5) is 0 Å². The SMILES string of the molecule is Cc1ccc(S(=O)(=O)N(CC(=O)NN=C2CCCC2)Cc2ccccc2)cc1. The summed E-state index contributed by atoms with van der Waals surface area (Å²) in [4.78, 5) is 12.6. The number of sulfonamides is 1. The van der Waals surface area contributed by atoms with Gasteiger partial charge in [0.25, 0.3) is 5.91 Å². The molecule has 0 unspecified atom stereocenters. The van der Waals surface area contributed by atoms with E-state index in [9.17, 15) is 13.2 Å². The highest BCUT2D eigenvalue weighted by Gasteiger charge is 2.27. The van der Waals surface area contributed by atoms with Gasteiger partial charge in [-0.15, -0.1) is 0 Å². The maximum Gasteiger partial charge on any atom is 0.255 e. The first kappa shape index (κ1) is 20.2. The van der Waals surface area contributed by atoms with Crippen LogP contribution in [0.5, 0.6) is 0 Å². The van der Waals surface area contributed by atoms with Crippen LogP contribution in [0.3, 0.4) is 0 Å². The Balaban J connectivity index is 1.80. The molecule has 1 N–H and O–H groups in total. The van der Waals surface area contributed by atoms with Crippen molar-refractivity contribution in [1.82, 2.24) is 9.73 Å². The third-order valence-corrected chi connectivity index (χ3v) is 6.51. The lowest BCUT2D eigenvalue weighted by molar-refractivity contribution is -0.121. The molecule has 1 fully saturated rings. The molecule has 0 saturated heterocycles. The second kappa shape index (κ2) is 9.12. The lowest BCUT2D eigenvalue weighted by Crippen LogP contribution is -2.39. The lowest BCUT2D eigenvalue weighted by Gasteiger charge is -2.21. The molecule has 28 heavy (non-hydrogen) atoms. The standard InChI is InChI=1S/C21H25N3O3S/c1-17-11-13-20(14-12-17)28(26,27)24(15-18-7-3-2-4-8-18)16-21(25)23-22-19-9-5-6-10-19/h2-4,7-8,11-14H,5-6,9-10,15-16H2,1H3,(H,23,25). The van der Waals surface area contributed by atoms with Crippen LogP contribution in [0.25, 0.3) is 0 Å². The molecule has 2 aromatic carbocycles. The predicted octanol–water partition coefficient (Wildman–Crippen LogP) is 3.23. The van der Waals surface area contributed by atoms with Crippen LogP contribution in [-0.4, -0.2) is 30.9 Å². The van der Waals surface area contributed by atoms with E-state index in [0.29, 0.717) is 0 Å². The molecular formula is C21H25N3O3S. The summed E-state index contributed by atoms with van der Waals surface area (Å²) in [5.41, 5.74) is 5.26. The fourth-order valence-corrected chi connectivity index (χ4v) is 4.49. The second-order valence-electron chi connectivity index (χ2n) is 6.99. The smallest absolute Gasteiger partial charge is 0.255 e. The van der Waals surface area contributed by atoms with Gasteiger partial charge in [-0.25, -0.2) is 13.8 Å². The van der Waals surface area contributed by atoms with Crippen LogP contribution < -0.4 is 5.43 Å². The quantitative estimate of drug-likeness (QED) is 0.726. The number of hydrazone groups is 1. The summed E-state index contributed by atoms with van der Waals surface area (Å²) in [6.07, 6.45) is 3.93. The first-order chi connectivity index (χ1) is 13.4. The second-order valence-corrected chi connectivity index (χ2v) is 8.93. The Morgan fingerprint density at radius 2 is 1.68 bits per heavy atom. The lowest BCUT2D eigenvalue weighted by atomic mass is 10.2. The first-order valence-corrected chi connectivity index (χ1v) is 10.8. The molecule has 3 rings (SSSR count). The van der Waals surface area contributed by atoms with E-state index in [0.717, 1.165) is 42.5 Å². The predicted molar refractivity (Wildman–Crippen MR) is 109 cm³/mol.